The van der Waals surface area contributed by atoms with Gasteiger partial charge in [0.25, 0.3) is 5.91 Å². The number of anilines is 2. The number of hydrogen-bond donors (Lipinski definition) is 2. The summed E-state index contributed by atoms with van der Waals surface area (Å²) in [7, 11) is 0. The van der Waals surface area contributed by atoms with Crippen molar-refractivity contribution in [2.45, 2.75) is 19.3 Å². The average Bonchev–Trinajstić information content (AvgIpc) is 2.48. The van der Waals surface area contributed by atoms with Crippen molar-refractivity contribution < 1.29 is 4.79 Å². The Labute approximate surface area is 123 Å². The summed E-state index contributed by atoms with van der Waals surface area (Å²) in [5.41, 5.74) is 7.19. The second-order valence-corrected chi connectivity index (χ2v) is 5.21. The Kier molecular flexibility index (Phi) is 3.90. The van der Waals surface area contributed by atoms with Gasteiger partial charge in [-0.25, -0.2) is 4.98 Å². The molecular weight excluding hydrogens is 264 g/mol. The van der Waals surface area contributed by atoms with E-state index in [-0.39, 0.29) is 11.6 Å². The summed E-state index contributed by atoms with van der Waals surface area (Å²) in [5.74, 6) is -0.361. The first-order valence-corrected chi connectivity index (χ1v) is 6.47. The fourth-order valence-corrected chi connectivity index (χ4v) is 1.83. The van der Waals surface area contributed by atoms with Crippen LogP contribution in [0.5, 0.6) is 0 Å². The normalized spacial score (nSPS) is 10.7. The molecule has 1 amide bonds. The summed E-state index contributed by atoms with van der Waals surface area (Å²) < 4.78 is 0. The van der Waals surface area contributed by atoms with Crippen LogP contribution in [0.2, 0.25) is 0 Å². The van der Waals surface area contributed by atoms with Gasteiger partial charge in [0.05, 0.1) is 17.2 Å². The molecule has 0 spiro atoms. The molecule has 0 radical (unpaired) electrons. The van der Waals surface area contributed by atoms with Gasteiger partial charge >= 0.3 is 0 Å². The number of nitrogen functional groups attached to an aromatic ring is 1. The number of benzene rings is 1. The van der Waals surface area contributed by atoms with Crippen LogP contribution in [0.1, 0.15) is 29.9 Å². The molecule has 5 nitrogen and oxygen atoms in total. The summed E-state index contributed by atoms with van der Waals surface area (Å²) >= 11 is 0. The van der Waals surface area contributed by atoms with Crippen molar-refractivity contribution in [2.24, 2.45) is 0 Å². The minimum atomic E-state index is -0.562. The van der Waals surface area contributed by atoms with Gasteiger partial charge in [-0.2, -0.15) is 5.26 Å². The molecule has 106 valence electrons. The number of aromatic nitrogens is 1. The van der Waals surface area contributed by atoms with Crippen LogP contribution in [0, 0.1) is 11.3 Å². The highest BCUT2D eigenvalue weighted by Gasteiger charge is 2.19. The third-order valence-corrected chi connectivity index (χ3v) is 3.20. The Morgan fingerprint density at radius 1 is 1.29 bits per heavy atom. The largest absolute Gasteiger partial charge is 0.397 e. The van der Waals surface area contributed by atoms with E-state index in [2.05, 4.69) is 16.4 Å². The molecule has 2 aromatic rings. The minimum absolute atomic E-state index is 0.193. The molecule has 0 atom stereocenters. The Balaban J connectivity index is 2.17. The lowest BCUT2D eigenvalue weighted by Gasteiger charge is -2.16. The molecule has 0 aliphatic heterocycles. The minimum Gasteiger partial charge on any atom is -0.397 e. The fraction of sp³-hybridized carbons (Fsp3) is 0.188. The fourth-order valence-electron chi connectivity index (χ4n) is 1.83. The van der Waals surface area contributed by atoms with Gasteiger partial charge in [0.15, 0.2) is 5.69 Å². The van der Waals surface area contributed by atoms with E-state index in [1.807, 2.05) is 26.0 Å². The molecule has 0 aliphatic rings. The molecule has 0 fully saturated rings. The van der Waals surface area contributed by atoms with E-state index in [4.69, 9.17) is 11.0 Å². The van der Waals surface area contributed by atoms with Crippen LogP contribution in [0.4, 0.5) is 11.4 Å². The predicted octanol–water partition coefficient (Wildman–Crippen LogP) is 2.72. The highest BCUT2D eigenvalue weighted by Crippen LogP contribution is 2.23. The summed E-state index contributed by atoms with van der Waals surface area (Å²) in [6, 6.07) is 12.7. The Morgan fingerprint density at radius 2 is 1.95 bits per heavy atom. The molecule has 0 unspecified atom stereocenters. The molecule has 0 saturated carbocycles. The summed E-state index contributed by atoms with van der Waals surface area (Å²) in [5, 5.41) is 11.8. The quantitative estimate of drug-likeness (QED) is 0.904. The molecule has 0 aliphatic carbocycles. The molecule has 5 heteroatoms. The molecular formula is C16H16N4O. The number of nitrogens with one attached hydrogen (secondary N) is 1. The highest BCUT2D eigenvalue weighted by molar-refractivity contribution is 6.06. The molecule has 21 heavy (non-hydrogen) atoms. The third-order valence-electron chi connectivity index (χ3n) is 3.20. The first-order valence-electron chi connectivity index (χ1n) is 6.47. The second-order valence-electron chi connectivity index (χ2n) is 5.21. The van der Waals surface area contributed by atoms with E-state index in [0.717, 1.165) is 5.56 Å². The maximum absolute atomic E-state index is 12.1. The van der Waals surface area contributed by atoms with E-state index in [9.17, 15) is 4.79 Å². The molecule has 1 aromatic heterocycles. The van der Waals surface area contributed by atoms with Crippen LogP contribution >= 0.6 is 0 Å². The van der Waals surface area contributed by atoms with Crippen molar-refractivity contribution in [3.05, 3.63) is 53.9 Å². The lowest BCUT2D eigenvalue weighted by Crippen LogP contribution is -2.16. The van der Waals surface area contributed by atoms with E-state index in [0.29, 0.717) is 11.4 Å². The number of carbonyl (C=O) groups is 1. The van der Waals surface area contributed by atoms with Crippen LogP contribution in [0.3, 0.4) is 0 Å². The summed E-state index contributed by atoms with van der Waals surface area (Å²) in [6.45, 7) is 3.68. The molecule has 1 aromatic carbocycles. The zero-order valence-corrected chi connectivity index (χ0v) is 11.9. The van der Waals surface area contributed by atoms with Gasteiger partial charge in [-0.1, -0.05) is 12.1 Å². The maximum Gasteiger partial charge on any atom is 0.276 e. The lowest BCUT2D eigenvalue weighted by atomic mass is 9.86. The molecule has 3 N–H and O–H groups in total. The highest BCUT2D eigenvalue weighted by atomic mass is 16.1. The number of hydrogen-bond acceptors (Lipinski definition) is 4. The van der Waals surface area contributed by atoms with Crippen molar-refractivity contribution >= 4 is 17.3 Å². The van der Waals surface area contributed by atoms with Crippen LogP contribution in [-0.4, -0.2) is 10.9 Å². The molecule has 0 bridgehead atoms. The smallest absolute Gasteiger partial charge is 0.276 e. The zero-order valence-electron chi connectivity index (χ0n) is 11.9. The number of carbonyl (C=O) groups excluding carboxylic acids is 1. The number of rotatable bonds is 3. The van der Waals surface area contributed by atoms with Gasteiger partial charge in [0.2, 0.25) is 0 Å². The molecule has 1 heterocycles. The van der Waals surface area contributed by atoms with E-state index in [1.54, 1.807) is 24.3 Å². The Morgan fingerprint density at radius 3 is 2.52 bits per heavy atom. The van der Waals surface area contributed by atoms with Gasteiger partial charge in [0.1, 0.15) is 0 Å². The van der Waals surface area contributed by atoms with Crippen LogP contribution in [-0.2, 0) is 5.41 Å². The van der Waals surface area contributed by atoms with Gasteiger partial charge in [0, 0.05) is 11.9 Å². The van der Waals surface area contributed by atoms with Gasteiger partial charge < -0.3 is 11.1 Å². The van der Waals surface area contributed by atoms with Gasteiger partial charge in [-0.05, 0) is 43.7 Å². The Hall–Kier alpha value is -2.87. The van der Waals surface area contributed by atoms with Gasteiger partial charge in [-0.15, -0.1) is 0 Å². The lowest BCUT2D eigenvalue weighted by molar-refractivity contribution is 0.102. The van der Waals surface area contributed by atoms with Crippen LogP contribution in [0.15, 0.2) is 42.6 Å². The topological polar surface area (TPSA) is 91.8 Å². The molecule has 0 saturated heterocycles. The van der Waals surface area contributed by atoms with Crippen LogP contribution < -0.4 is 11.1 Å². The van der Waals surface area contributed by atoms with Crippen molar-refractivity contribution in [1.29, 1.82) is 5.26 Å². The standard InChI is InChI=1S/C16H16N4O/c1-16(2,10-17)11-5-7-12(8-6-11)20-15(21)14-13(18)4-3-9-19-14/h3-9H,18H2,1-2H3,(H,20,21). The molecule has 2 rings (SSSR count). The second kappa shape index (κ2) is 5.63. The van der Waals surface area contributed by atoms with Crippen molar-refractivity contribution in [3.63, 3.8) is 0 Å². The van der Waals surface area contributed by atoms with E-state index >= 15 is 0 Å². The number of nitrogens with two attached hydrogens (primary N) is 1. The first-order chi connectivity index (χ1) is 9.94. The summed E-state index contributed by atoms with van der Waals surface area (Å²) in [4.78, 5) is 16.0. The maximum atomic E-state index is 12.1. The average molecular weight is 280 g/mol. The van der Waals surface area contributed by atoms with Crippen molar-refractivity contribution in [1.82, 2.24) is 4.98 Å². The monoisotopic (exact) mass is 280 g/mol. The van der Waals surface area contributed by atoms with E-state index in [1.165, 1.54) is 6.20 Å². The SMILES string of the molecule is CC(C)(C#N)c1ccc(NC(=O)c2ncccc2N)cc1. The third kappa shape index (κ3) is 3.18. The van der Waals surface area contributed by atoms with Crippen molar-refractivity contribution in [3.8, 4) is 6.07 Å². The first kappa shape index (κ1) is 14.5. The number of amides is 1. The number of nitrogens with zero attached hydrogens (tertiary/aromatic N) is 2. The summed E-state index contributed by atoms with van der Waals surface area (Å²) in [6.07, 6.45) is 1.52. The van der Waals surface area contributed by atoms with E-state index < -0.39 is 5.41 Å². The van der Waals surface area contributed by atoms with Crippen molar-refractivity contribution in [2.75, 3.05) is 11.1 Å². The Bertz CT molecular complexity index is 699. The number of nitriles is 1. The van der Waals surface area contributed by atoms with Gasteiger partial charge in [-0.3, -0.25) is 4.79 Å². The van der Waals surface area contributed by atoms with Crippen LogP contribution in [0.25, 0.3) is 0 Å². The number of pyridine rings is 1. The zero-order chi connectivity index (χ0) is 15.5. The predicted molar refractivity (Wildman–Crippen MR) is 81.7 cm³/mol.